The minimum Gasteiger partial charge on any atom is -0.380 e. The molecule has 5 rings (SSSR count). The van der Waals surface area contributed by atoms with Gasteiger partial charge in [-0.15, -0.1) is 0 Å². The summed E-state index contributed by atoms with van der Waals surface area (Å²) in [5, 5.41) is 12.9. The van der Waals surface area contributed by atoms with Crippen LogP contribution in [0.25, 0.3) is 10.8 Å². The summed E-state index contributed by atoms with van der Waals surface area (Å²) in [6.07, 6.45) is -1.21. The van der Waals surface area contributed by atoms with Gasteiger partial charge < -0.3 is 5.11 Å². The zero-order valence-electron chi connectivity index (χ0n) is 17.3. The third kappa shape index (κ3) is 3.81. The molecule has 4 aromatic carbocycles. The number of aliphatic hydroxyl groups is 1. The van der Waals surface area contributed by atoms with Gasteiger partial charge in [-0.3, -0.25) is 4.79 Å². The lowest BCUT2D eigenvalue weighted by atomic mass is 9.72. The fourth-order valence-corrected chi connectivity index (χ4v) is 4.13. The van der Waals surface area contributed by atoms with Crippen LogP contribution in [0.15, 0.2) is 97.1 Å². The van der Waals surface area contributed by atoms with Crippen molar-refractivity contribution in [1.29, 1.82) is 0 Å². The lowest BCUT2D eigenvalue weighted by Crippen LogP contribution is -2.32. The van der Waals surface area contributed by atoms with Gasteiger partial charge in [0.1, 0.15) is 12.0 Å². The molecular formula is C30H20O2. The van der Waals surface area contributed by atoms with Crippen LogP contribution in [-0.2, 0) is 4.79 Å². The molecule has 2 nitrogen and oxygen atoms in total. The number of rotatable bonds is 0. The van der Waals surface area contributed by atoms with Crippen LogP contribution in [-0.4, -0.2) is 10.9 Å². The Kier molecular flexibility index (Phi) is 5.30. The van der Waals surface area contributed by atoms with E-state index in [1.54, 1.807) is 0 Å². The van der Waals surface area contributed by atoms with E-state index in [1.807, 2.05) is 97.1 Å². The van der Waals surface area contributed by atoms with E-state index in [9.17, 15) is 9.90 Å². The second kappa shape index (κ2) is 8.56. The molecule has 3 unspecified atom stereocenters. The van der Waals surface area contributed by atoms with Crippen LogP contribution in [0.5, 0.6) is 0 Å². The quantitative estimate of drug-likeness (QED) is 0.400. The van der Waals surface area contributed by atoms with Crippen LogP contribution in [0, 0.1) is 29.6 Å². The van der Waals surface area contributed by atoms with Crippen LogP contribution in [0.3, 0.4) is 0 Å². The molecule has 0 amide bonds. The molecule has 0 spiro atoms. The van der Waals surface area contributed by atoms with Crippen LogP contribution < -0.4 is 0 Å². The number of hydrogen-bond donors (Lipinski definition) is 1. The molecule has 4 aromatic rings. The van der Waals surface area contributed by atoms with Crippen LogP contribution in [0.2, 0.25) is 0 Å². The number of carbonyl (C=O) groups excluding carboxylic acids is 1. The van der Waals surface area contributed by atoms with Gasteiger partial charge in [-0.25, -0.2) is 0 Å². The molecule has 1 aliphatic carbocycles. The lowest BCUT2D eigenvalue weighted by molar-refractivity contribution is -0.130. The van der Waals surface area contributed by atoms with Crippen molar-refractivity contribution in [1.82, 2.24) is 0 Å². The van der Waals surface area contributed by atoms with Gasteiger partial charge in [-0.2, -0.15) is 0 Å². The Bertz CT molecular complexity index is 1410. The highest BCUT2D eigenvalue weighted by molar-refractivity contribution is 5.95. The van der Waals surface area contributed by atoms with Crippen LogP contribution in [0.4, 0.5) is 0 Å². The molecule has 2 heteroatoms. The lowest BCUT2D eigenvalue weighted by Gasteiger charge is -2.30. The first-order valence-corrected chi connectivity index (χ1v) is 10.6. The van der Waals surface area contributed by atoms with Gasteiger partial charge >= 0.3 is 0 Å². The van der Waals surface area contributed by atoms with E-state index in [-0.39, 0.29) is 5.78 Å². The number of carbonyl (C=O) groups is 1. The average molecular weight is 412 g/mol. The topological polar surface area (TPSA) is 37.3 Å². The highest BCUT2D eigenvalue weighted by Crippen LogP contribution is 2.41. The Labute approximate surface area is 187 Å². The zero-order chi connectivity index (χ0) is 21.9. The highest BCUT2D eigenvalue weighted by atomic mass is 16.3. The monoisotopic (exact) mass is 412 g/mol. The molecule has 0 saturated carbocycles. The average Bonchev–Trinajstić information content (AvgIpc) is 2.85. The van der Waals surface area contributed by atoms with E-state index in [0.29, 0.717) is 5.56 Å². The van der Waals surface area contributed by atoms with Crippen molar-refractivity contribution >= 4 is 16.6 Å². The van der Waals surface area contributed by atoms with Gasteiger partial charge in [-0.1, -0.05) is 84.3 Å². The van der Waals surface area contributed by atoms with Crippen molar-refractivity contribution in [2.45, 2.75) is 12.0 Å². The first-order chi connectivity index (χ1) is 15.7. The molecule has 0 heterocycles. The predicted octanol–water partition coefficient (Wildman–Crippen LogP) is 5.26. The molecule has 3 atom stereocenters. The second-order valence-electron chi connectivity index (χ2n) is 7.86. The van der Waals surface area contributed by atoms with Gasteiger partial charge in [-0.05, 0) is 58.3 Å². The van der Waals surface area contributed by atoms with E-state index >= 15 is 0 Å². The van der Waals surface area contributed by atoms with Crippen molar-refractivity contribution < 1.29 is 9.90 Å². The number of aliphatic hydroxyl groups excluding tert-OH is 1. The summed E-state index contributed by atoms with van der Waals surface area (Å²) in [7, 11) is 0. The molecule has 0 fully saturated rings. The smallest absolute Gasteiger partial charge is 0.182 e. The van der Waals surface area contributed by atoms with E-state index in [0.717, 1.165) is 27.5 Å². The fourth-order valence-electron chi connectivity index (χ4n) is 4.13. The van der Waals surface area contributed by atoms with Crippen molar-refractivity contribution in [3.8, 4) is 23.7 Å². The highest BCUT2D eigenvalue weighted by Gasteiger charge is 2.40. The van der Waals surface area contributed by atoms with E-state index in [2.05, 4.69) is 23.7 Å². The molecule has 1 aliphatic rings. The normalized spacial score (nSPS) is 19.3. The minimum atomic E-state index is -1.21. The van der Waals surface area contributed by atoms with Gasteiger partial charge in [0.15, 0.2) is 5.78 Å². The summed E-state index contributed by atoms with van der Waals surface area (Å²) in [5.41, 5.74) is 3.20. The first kappa shape index (κ1) is 19.8. The summed E-state index contributed by atoms with van der Waals surface area (Å²) in [6, 6.07) is 31.2. The molecular weight excluding hydrogens is 392 g/mol. The van der Waals surface area contributed by atoms with Crippen LogP contribution in [0.1, 0.15) is 34.3 Å². The SMILES string of the molecule is O=C1C(O)c2cc3ccccc3cc2C(C#Cc2ccccc2)C1C#Cc1ccccc1. The van der Waals surface area contributed by atoms with Crippen molar-refractivity contribution in [2.24, 2.45) is 5.92 Å². The van der Waals surface area contributed by atoms with Crippen molar-refractivity contribution in [3.63, 3.8) is 0 Å². The Morgan fingerprint density at radius 1 is 0.594 bits per heavy atom. The number of benzene rings is 4. The van der Waals surface area contributed by atoms with E-state index in [4.69, 9.17) is 0 Å². The van der Waals surface area contributed by atoms with Crippen molar-refractivity contribution in [2.75, 3.05) is 0 Å². The summed E-state index contributed by atoms with van der Waals surface area (Å²) < 4.78 is 0. The zero-order valence-corrected chi connectivity index (χ0v) is 17.3. The molecule has 0 aliphatic heterocycles. The summed E-state index contributed by atoms with van der Waals surface area (Å²) in [6.45, 7) is 0. The van der Waals surface area contributed by atoms with Gasteiger partial charge in [0.2, 0.25) is 0 Å². The summed E-state index contributed by atoms with van der Waals surface area (Å²) >= 11 is 0. The minimum absolute atomic E-state index is 0.302. The Morgan fingerprint density at radius 3 is 1.62 bits per heavy atom. The van der Waals surface area contributed by atoms with Crippen molar-refractivity contribution in [3.05, 3.63) is 119 Å². The largest absolute Gasteiger partial charge is 0.380 e. The standard InChI is InChI=1S/C30H20O2/c31-29-26(18-16-22-11-5-2-6-12-22)25(17-15-21-9-3-1-4-10-21)27-19-23-13-7-8-14-24(23)20-28(27)30(29)32/h1-14,19-20,25-26,30,32H. The molecule has 1 N–H and O–H groups in total. The third-order valence-electron chi connectivity index (χ3n) is 5.78. The Hall–Kier alpha value is -4.11. The number of ketones is 1. The molecule has 0 bridgehead atoms. The van der Waals surface area contributed by atoms with Crippen LogP contribution >= 0.6 is 0 Å². The molecule has 0 radical (unpaired) electrons. The number of hydrogen-bond acceptors (Lipinski definition) is 2. The number of Topliss-reactive ketones (excluding diaryl/α,β-unsaturated/α-hetero) is 1. The van der Waals surface area contributed by atoms with Gasteiger partial charge in [0.25, 0.3) is 0 Å². The van der Waals surface area contributed by atoms with Gasteiger partial charge in [0.05, 0.1) is 5.92 Å². The predicted molar refractivity (Wildman–Crippen MR) is 127 cm³/mol. The summed E-state index contributed by atoms with van der Waals surface area (Å²) in [5.74, 6) is 11.3. The molecule has 0 saturated heterocycles. The Morgan fingerprint density at radius 2 is 1.06 bits per heavy atom. The summed E-state index contributed by atoms with van der Waals surface area (Å²) in [4.78, 5) is 13.2. The number of fused-ring (bicyclic) bond motifs is 2. The maximum Gasteiger partial charge on any atom is 0.182 e. The molecule has 32 heavy (non-hydrogen) atoms. The molecule has 152 valence electrons. The second-order valence-corrected chi connectivity index (χ2v) is 7.86. The third-order valence-corrected chi connectivity index (χ3v) is 5.78. The maximum absolute atomic E-state index is 13.2. The first-order valence-electron chi connectivity index (χ1n) is 10.6. The maximum atomic E-state index is 13.2. The van der Waals surface area contributed by atoms with E-state index < -0.39 is 17.9 Å². The fraction of sp³-hybridized carbons (Fsp3) is 0.100. The Balaban J connectivity index is 1.67. The molecule has 0 aromatic heterocycles. The van der Waals surface area contributed by atoms with E-state index in [1.165, 1.54) is 0 Å². The van der Waals surface area contributed by atoms with Gasteiger partial charge in [0, 0.05) is 11.1 Å².